The minimum atomic E-state index is 0.459. The SMILES string of the molecule is CCc1ccc(CNc2ncnc(NN)c2OC)s1. The number of nitrogen functional groups attached to an aromatic ring is 1. The fourth-order valence-corrected chi connectivity index (χ4v) is 2.57. The number of nitrogens with two attached hydrogens (primary N) is 1. The predicted molar refractivity (Wildman–Crippen MR) is 77.4 cm³/mol. The molecule has 0 bridgehead atoms. The summed E-state index contributed by atoms with van der Waals surface area (Å²) in [4.78, 5) is 10.8. The van der Waals surface area contributed by atoms with Gasteiger partial charge in [0.15, 0.2) is 11.6 Å². The lowest BCUT2D eigenvalue weighted by Crippen LogP contribution is -2.12. The Labute approximate surface area is 116 Å². The molecule has 102 valence electrons. The van der Waals surface area contributed by atoms with Gasteiger partial charge >= 0.3 is 0 Å². The maximum absolute atomic E-state index is 5.38. The summed E-state index contributed by atoms with van der Waals surface area (Å²) in [7, 11) is 1.56. The van der Waals surface area contributed by atoms with E-state index in [1.165, 1.54) is 16.1 Å². The van der Waals surface area contributed by atoms with Gasteiger partial charge in [0.05, 0.1) is 13.7 Å². The Morgan fingerprint density at radius 2 is 2.00 bits per heavy atom. The Bertz CT molecular complexity index is 543. The molecule has 0 spiro atoms. The van der Waals surface area contributed by atoms with Gasteiger partial charge in [0.1, 0.15) is 6.33 Å². The van der Waals surface area contributed by atoms with Crippen molar-refractivity contribution < 1.29 is 4.74 Å². The van der Waals surface area contributed by atoms with Crippen LogP contribution in [0.5, 0.6) is 5.75 Å². The Morgan fingerprint density at radius 1 is 1.26 bits per heavy atom. The van der Waals surface area contributed by atoms with Crippen molar-refractivity contribution in [2.24, 2.45) is 5.84 Å². The third-order valence-electron chi connectivity index (χ3n) is 2.64. The minimum Gasteiger partial charge on any atom is -0.490 e. The number of ether oxygens (including phenoxy) is 1. The van der Waals surface area contributed by atoms with E-state index in [1.54, 1.807) is 18.4 Å². The molecular weight excluding hydrogens is 262 g/mol. The summed E-state index contributed by atoms with van der Waals surface area (Å²) in [6.07, 6.45) is 2.49. The average molecular weight is 279 g/mol. The lowest BCUT2D eigenvalue weighted by molar-refractivity contribution is 0.414. The van der Waals surface area contributed by atoms with Crippen LogP contribution in [0.3, 0.4) is 0 Å². The van der Waals surface area contributed by atoms with Crippen molar-refractivity contribution in [2.75, 3.05) is 17.9 Å². The molecule has 0 aliphatic rings. The zero-order chi connectivity index (χ0) is 13.7. The smallest absolute Gasteiger partial charge is 0.205 e. The third-order valence-corrected chi connectivity index (χ3v) is 3.87. The number of methoxy groups -OCH3 is 1. The molecule has 2 heterocycles. The molecular formula is C12H17N5OS. The van der Waals surface area contributed by atoms with Crippen LogP contribution in [0.2, 0.25) is 0 Å². The van der Waals surface area contributed by atoms with Gasteiger partial charge in [-0.15, -0.1) is 11.3 Å². The van der Waals surface area contributed by atoms with Crippen LogP contribution in [0.15, 0.2) is 18.5 Å². The molecule has 0 aliphatic heterocycles. The van der Waals surface area contributed by atoms with Gasteiger partial charge in [-0.2, -0.15) is 0 Å². The maximum Gasteiger partial charge on any atom is 0.205 e. The van der Waals surface area contributed by atoms with Crippen LogP contribution in [0.1, 0.15) is 16.7 Å². The van der Waals surface area contributed by atoms with Gasteiger partial charge in [-0.3, -0.25) is 0 Å². The molecule has 6 nitrogen and oxygen atoms in total. The van der Waals surface area contributed by atoms with Crippen LogP contribution in [-0.2, 0) is 13.0 Å². The van der Waals surface area contributed by atoms with Gasteiger partial charge in [-0.1, -0.05) is 6.92 Å². The molecule has 0 unspecified atom stereocenters. The molecule has 0 fully saturated rings. The molecule has 4 N–H and O–H groups in total. The molecule has 2 aromatic heterocycles. The largest absolute Gasteiger partial charge is 0.490 e. The molecule has 7 heteroatoms. The van der Waals surface area contributed by atoms with E-state index >= 15 is 0 Å². The van der Waals surface area contributed by atoms with Gasteiger partial charge in [-0.05, 0) is 18.6 Å². The number of hydrogen-bond acceptors (Lipinski definition) is 7. The molecule has 0 saturated heterocycles. The van der Waals surface area contributed by atoms with E-state index in [0.29, 0.717) is 23.9 Å². The molecule has 0 aromatic carbocycles. The van der Waals surface area contributed by atoms with Crippen molar-refractivity contribution in [1.29, 1.82) is 0 Å². The van der Waals surface area contributed by atoms with Crippen LogP contribution < -0.4 is 21.3 Å². The average Bonchev–Trinajstić information content (AvgIpc) is 2.92. The fraction of sp³-hybridized carbons (Fsp3) is 0.333. The number of thiophene rings is 1. The predicted octanol–water partition coefficient (Wildman–Crippen LogP) is 2.01. The zero-order valence-electron chi connectivity index (χ0n) is 10.9. The highest BCUT2D eigenvalue weighted by molar-refractivity contribution is 7.12. The van der Waals surface area contributed by atoms with E-state index in [9.17, 15) is 0 Å². The molecule has 0 saturated carbocycles. The highest BCUT2D eigenvalue weighted by Crippen LogP contribution is 2.29. The maximum atomic E-state index is 5.38. The highest BCUT2D eigenvalue weighted by atomic mass is 32.1. The summed E-state index contributed by atoms with van der Waals surface area (Å²) < 4.78 is 5.26. The third kappa shape index (κ3) is 3.12. The molecule has 2 rings (SSSR count). The topological polar surface area (TPSA) is 85.1 Å². The van der Waals surface area contributed by atoms with Crippen molar-refractivity contribution >= 4 is 23.0 Å². The second-order valence-corrected chi connectivity index (χ2v) is 5.08. The van der Waals surface area contributed by atoms with Crippen LogP contribution >= 0.6 is 11.3 Å². The number of anilines is 2. The lowest BCUT2D eigenvalue weighted by Gasteiger charge is -2.11. The van der Waals surface area contributed by atoms with Crippen molar-refractivity contribution in [1.82, 2.24) is 9.97 Å². The summed E-state index contributed by atoms with van der Waals surface area (Å²) in [6, 6.07) is 4.26. The Balaban J connectivity index is 2.10. The number of nitrogens with one attached hydrogen (secondary N) is 2. The van der Waals surface area contributed by atoms with Crippen molar-refractivity contribution in [3.05, 3.63) is 28.2 Å². The first-order chi connectivity index (χ1) is 9.28. The van der Waals surface area contributed by atoms with Crippen LogP contribution in [-0.4, -0.2) is 17.1 Å². The Hall–Kier alpha value is -1.86. The molecule has 0 radical (unpaired) electrons. The molecule has 0 amide bonds. The fourth-order valence-electron chi connectivity index (χ4n) is 1.67. The second kappa shape index (κ2) is 6.35. The van der Waals surface area contributed by atoms with Crippen LogP contribution in [0, 0.1) is 0 Å². The van der Waals surface area contributed by atoms with Crippen LogP contribution in [0.4, 0.5) is 11.6 Å². The monoisotopic (exact) mass is 279 g/mol. The quantitative estimate of drug-likeness (QED) is 0.554. The zero-order valence-corrected chi connectivity index (χ0v) is 11.8. The lowest BCUT2D eigenvalue weighted by atomic mass is 10.3. The van der Waals surface area contributed by atoms with E-state index in [1.807, 2.05) is 0 Å². The first-order valence-corrected chi connectivity index (χ1v) is 6.77. The van der Waals surface area contributed by atoms with Gasteiger partial charge in [0.25, 0.3) is 0 Å². The minimum absolute atomic E-state index is 0.459. The van der Waals surface area contributed by atoms with E-state index in [-0.39, 0.29) is 0 Å². The van der Waals surface area contributed by atoms with E-state index in [0.717, 1.165) is 6.42 Å². The second-order valence-electron chi connectivity index (χ2n) is 3.82. The van der Waals surface area contributed by atoms with Crippen molar-refractivity contribution in [2.45, 2.75) is 19.9 Å². The van der Waals surface area contributed by atoms with Gasteiger partial charge in [-0.25, -0.2) is 15.8 Å². The van der Waals surface area contributed by atoms with Crippen LogP contribution in [0.25, 0.3) is 0 Å². The van der Waals surface area contributed by atoms with E-state index in [4.69, 9.17) is 10.6 Å². The molecule has 0 aliphatic carbocycles. The molecule has 19 heavy (non-hydrogen) atoms. The Morgan fingerprint density at radius 3 is 2.63 bits per heavy atom. The standard InChI is InChI=1S/C12H17N5OS/c1-3-8-4-5-9(19-8)6-14-11-10(18-2)12(17-13)16-7-15-11/h4-5,7H,3,6,13H2,1-2H3,(H2,14,15,16,17). The normalized spacial score (nSPS) is 10.3. The summed E-state index contributed by atoms with van der Waals surface area (Å²) >= 11 is 1.79. The first-order valence-electron chi connectivity index (χ1n) is 5.95. The molecule has 0 atom stereocenters. The number of nitrogens with zero attached hydrogens (tertiary/aromatic N) is 2. The number of rotatable bonds is 6. The summed E-state index contributed by atoms with van der Waals surface area (Å²) in [5.41, 5.74) is 2.48. The van der Waals surface area contributed by atoms with Gasteiger partial charge in [0, 0.05) is 9.75 Å². The number of hydrogen-bond donors (Lipinski definition) is 3. The number of hydrazine groups is 1. The molecule has 2 aromatic rings. The highest BCUT2D eigenvalue weighted by Gasteiger charge is 2.11. The first kappa shape index (κ1) is 13.6. The van der Waals surface area contributed by atoms with Gasteiger partial charge < -0.3 is 15.5 Å². The van der Waals surface area contributed by atoms with E-state index in [2.05, 4.69) is 39.8 Å². The number of aromatic nitrogens is 2. The number of aryl methyl sites for hydroxylation is 1. The summed E-state index contributed by atoms with van der Waals surface area (Å²) in [6.45, 7) is 2.84. The van der Waals surface area contributed by atoms with E-state index < -0.39 is 0 Å². The summed E-state index contributed by atoms with van der Waals surface area (Å²) in [5, 5.41) is 3.23. The van der Waals surface area contributed by atoms with Crippen molar-refractivity contribution in [3.8, 4) is 5.75 Å². The Kier molecular flexibility index (Phi) is 4.53. The summed E-state index contributed by atoms with van der Waals surface area (Å²) in [5.74, 6) is 6.97. The van der Waals surface area contributed by atoms with Crippen molar-refractivity contribution in [3.63, 3.8) is 0 Å². The van der Waals surface area contributed by atoms with Gasteiger partial charge in [0.2, 0.25) is 5.75 Å².